The van der Waals surface area contributed by atoms with Crippen LogP contribution in [0.3, 0.4) is 0 Å². The maximum Gasteiger partial charge on any atom is 0.256 e. The zero-order valence-electron chi connectivity index (χ0n) is 16.5. The van der Waals surface area contributed by atoms with Gasteiger partial charge < -0.3 is 14.8 Å². The van der Waals surface area contributed by atoms with Gasteiger partial charge in [-0.25, -0.2) is 0 Å². The highest BCUT2D eigenvalue weighted by Crippen LogP contribution is 2.33. The fourth-order valence-corrected chi connectivity index (χ4v) is 3.27. The molecule has 6 nitrogen and oxygen atoms in total. The number of carbonyl (C=O) groups is 1. The molecule has 0 unspecified atom stereocenters. The van der Waals surface area contributed by atoms with E-state index in [2.05, 4.69) is 10.4 Å². The van der Waals surface area contributed by atoms with Crippen LogP contribution >= 0.6 is 0 Å². The Hall–Kier alpha value is -3.80. The third-order valence-electron chi connectivity index (χ3n) is 4.80. The molecule has 0 saturated carbocycles. The van der Waals surface area contributed by atoms with Crippen LogP contribution in [0, 0.1) is 0 Å². The Kier molecular flexibility index (Phi) is 4.91. The van der Waals surface area contributed by atoms with Crippen LogP contribution in [-0.2, 0) is 7.05 Å². The predicted octanol–water partition coefficient (Wildman–Crippen LogP) is 4.51. The predicted molar refractivity (Wildman–Crippen MR) is 114 cm³/mol. The second-order valence-electron chi connectivity index (χ2n) is 6.63. The van der Waals surface area contributed by atoms with Crippen LogP contribution in [0.1, 0.15) is 10.4 Å². The third kappa shape index (κ3) is 3.65. The van der Waals surface area contributed by atoms with Crippen molar-refractivity contribution in [3.8, 4) is 22.6 Å². The molecule has 4 aromatic rings. The summed E-state index contributed by atoms with van der Waals surface area (Å²) >= 11 is 0. The summed E-state index contributed by atoms with van der Waals surface area (Å²) in [5, 5.41) is 8.27. The minimum absolute atomic E-state index is 0.188. The van der Waals surface area contributed by atoms with Crippen molar-refractivity contribution in [3.63, 3.8) is 0 Å². The van der Waals surface area contributed by atoms with Gasteiger partial charge >= 0.3 is 0 Å². The molecular formula is C23H21N3O3. The molecule has 6 heteroatoms. The van der Waals surface area contributed by atoms with Gasteiger partial charge in [0.25, 0.3) is 5.91 Å². The Balaban J connectivity index is 1.71. The quantitative estimate of drug-likeness (QED) is 0.547. The number of anilines is 1. The molecule has 1 amide bonds. The molecule has 0 aliphatic rings. The highest BCUT2D eigenvalue weighted by molar-refractivity contribution is 6.08. The largest absolute Gasteiger partial charge is 0.497 e. The first-order valence-electron chi connectivity index (χ1n) is 9.15. The van der Waals surface area contributed by atoms with Gasteiger partial charge in [-0.05, 0) is 47.5 Å². The average Bonchev–Trinajstić information content (AvgIpc) is 3.08. The number of hydrogen-bond donors (Lipinski definition) is 1. The molecular weight excluding hydrogens is 366 g/mol. The van der Waals surface area contributed by atoms with Gasteiger partial charge in [0, 0.05) is 24.1 Å². The normalized spacial score (nSPS) is 10.7. The first kappa shape index (κ1) is 18.6. The highest BCUT2D eigenvalue weighted by Gasteiger charge is 2.14. The van der Waals surface area contributed by atoms with Gasteiger partial charge in [0.05, 0.1) is 19.7 Å². The fourth-order valence-electron chi connectivity index (χ4n) is 3.27. The lowest BCUT2D eigenvalue weighted by Crippen LogP contribution is -2.12. The molecule has 0 saturated heterocycles. The minimum atomic E-state index is -0.188. The van der Waals surface area contributed by atoms with E-state index >= 15 is 0 Å². The first-order valence-corrected chi connectivity index (χ1v) is 9.15. The van der Waals surface area contributed by atoms with Crippen molar-refractivity contribution in [3.05, 3.63) is 72.3 Å². The van der Waals surface area contributed by atoms with Crippen LogP contribution in [0.4, 0.5) is 5.82 Å². The SMILES string of the molecule is COc1cc(OC)cc(-c2ccc3c(NC(=O)c4ccccc4)nn(C)c3c2)c1. The number of aryl methyl sites for hydroxylation is 1. The van der Waals surface area contributed by atoms with Crippen molar-refractivity contribution >= 4 is 22.6 Å². The molecule has 0 spiro atoms. The second kappa shape index (κ2) is 7.67. The number of nitrogens with one attached hydrogen (secondary N) is 1. The van der Waals surface area contributed by atoms with E-state index in [0.717, 1.165) is 33.5 Å². The van der Waals surface area contributed by atoms with E-state index in [4.69, 9.17) is 9.47 Å². The summed E-state index contributed by atoms with van der Waals surface area (Å²) in [6.07, 6.45) is 0. The lowest BCUT2D eigenvalue weighted by Gasteiger charge is -2.09. The minimum Gasteiger partial charge on any atom is -0.497 e. The van der Waals surface area contributed by atoms with Gasteiger partial charge in [-0.1, -0.05) is 24.3 Å². The zero-order valence-corrected chi connectivity index (χ0v) is 16.5. The smallest absolute Gasteiger partial charge is 0.256 e. The van der Waals surface area contributed by atoms with E-state index in [-0.39, 0.29) is 5.91 Å². The molecule has 0 radical (unpaired) electrons. The molecule has 0 aliphatic heterocycles. The molecule has 4 rings (SSSR count). The summed E-state index contributed by atoms with van der Waals surface area (Å²) in [7, 11) is 5.12. The number of benzene rings is 3. The molecule has 0 atom stereocenters. The van der Waals surface area contributed by atoms with Gasteiger partial charge in [0.1, 0.15) is 11.5 Å². The summed E-state index contributed by atoms with van der Waals surface area (Å²) < 4.78 is 12.5. The highest BCUT2D eigenvalue weighted by atomic mass is 16.5. The molecule has 29 heavy (non-hydrogen) atoms. The van der Waals surface area contributed by atoms with Crippen LogP contribution in [0.25, 0.3) is 22.0 Å². The van der Waals surface area contributed by atoms with Crippen LogP contribution in [0.15, 0.2) is 66.7 Å². The van der Waals surface area contributed by atoms with Gasteiger partial charge in [0.15, 0.2) is 5.82 Å². The van der Waals surface area contributed by atoms with E-state index in [1.807, 2.05) is 61.6 Å². The Morgan fingerprint density at radius 2 is 1.59 bits per heavy atom. The Morgan fingerprint density at radius 3 is 2.24 bits per heavy atom. The number of amides is 1. The van der Waals surface area contributed by atoms with E-state index in [9.17, 15) is 4.79 Å². The van der Waals surface area contributed by atoms with E-state index in [1.165, 1.54) is 0 Å². The van der Waals surface area contributed by atoms with Crippen molar-refractivity contribution in [1.29, 1.82) is 0 Å². The molecule has 1 heterocycles. The van der Waals surface area contributed by atoms with E-state index < -0.39 is 0 Å². The van der Waals surface area contributed by atoms with Crippen molar-refractivity contribution < 1.29 is 14.3 Å². The van der Waals surface area contributed by atoms with Crippen LogP contribution in [-0.4, -0.2) is 29.9 Å². The summed E-state index contributed by atoms with van der Waals surface area (Å²) in [6, 6.07) is 20.8. The molecule has 1 aromatic heterocycles. The van der Waals surface area contributed by atoms with Gasteiger partial charge in [-0.2, -0.15) is 5.10 Å². The second-order valence-corrected chi connectivity index (χ2v) is 6.63. The van der Waals surface area contributed by atoms with Gasteiger partial charge in [0.2, 0.25) is 0 Å². The fraction of sp³-hybridized carbons (Fsp3) is 0.130. The Morgan fingerprint density at radius 1 is 0.897 bits per heavy atom. The molecule has 0 aliphatic carbocycles. The van der Waals surface area contributed by atoms with Crippen molar-refractivity contribution in [2.75, 3.05) is 19.5 Å². The molecule has 0 fully saturated rings. The van der Waals surface area contributed by atoms with Crippen molar-refractivity contribution in [2.45, 2.75) is 0 Å². The number of aromatic nitrogens is 2. The third-order valence-corrected chi connectivity index (χ3v) is 4.80. The van der Waals surface area contributed by atoms with Crippen LogP contribution in [0.2, 0.25) is 0 Å². The molecule has 1 N–H and O–H groups in total. The number of hydrogen-bond acceptors (Lipinski definition) is 4. The first-order chi connectivity index (χ1) is 14.1. The number of carbonyl (C=O) groups excluding carboxylic acids is 1. The van der Waals surface area contributed by atoms with Gasteiger partial charge in [-0.3, -0.25) is 9.48 Å². The number of fused-ring (bicyclic) bond motifs is 1. The van der Waals surface area contributed by atoms with Gasteiger partial charge in [-0.15, -0.1) is 0 Å². The van der Waals surface area contributed by atoms with Crippen LogP contribution in [0.5, 0.6) is 11.5 Å². The Bertz CT molecular complexity index is 1160. The average molecular weight is 387 g/mol. The topological polar surface area (TPSA) is 65.4 Å². The number of methoxy groups -OCH3 is 2. The zero-order chi connectivity index (χ0) is 20.4. The number of ether oxygens (including phenoxy) is 2. The van der Waals surface area contributed by atoms with Crippen LogP contribution < -0.4 is 14.8 Å². The summed E-state index contributed by atoms with van der Waals surface area (Å²) in [5.41, 5.74) is 3.47. The van der Waals surface area contributed by atoms with Crippen molar-refractivity contribution in [2.24, 2.45) is 7.05 Å². The number of rotatable bonds is 5. The lowest BCUT2D eigenvalue weighted by molar-refractivity contribution is 0.102. The summed E-state index contributed by atoms with van der Waals surface area (Å²) in [5.74, 6) is 1.79. The number of nitrogens with zero attached hydrogens (tertiary/aromatic N) is 2. The van der Waals surface area contributed by atoms with Crippen molar-refractivity contribution in [1.82, 2.24) is 9.78 Å². The van der Waals surface area contributed by atoms with E-state index in [0.29, 0.717) is 11.4 Å². The molecule has 146 valence electrons. The van der Waals surface area contributed by atoms with E-state index in [1.54, 1.807) is 31.0 Å². The standard InChI is InChI=1S/C23H21N3O3/c1-26-21-13-16(17-11-18(28-2)14-19(12-17)29-3)9-10-20(21)22(25-26)24-23(27)15-7-5-4-6-8-15/h4-14H,1-3H3,(H,24,25,27). The summed E-state index contributed by atoms with van der Waals surface area (Å²) in [6.45, 7) is 0. The Labute approximate surface area is 168 Å². The maximum absolute atomic E-state index is 12.5. The molecule has 0 bridgehead atoms. The maximum atomic E-state index is 12.5. The monoisotopic (exact) mass is 387 g/mol. The lowest BCUT2D eigenvalue weighted by atomic mass is 10.0. The molecule has 3 aromatic carbocycles. The summed E-state index contributed by atoms with van der Waals surface area (Å²) in [4.78, 5) is 12.5.